The predicted molar refractivity (Wildman–Crippen MR) is 147 cm³/mol. The molecule has 6 nitrogen and oxygen atoms in total. The fraction of sp³-hybridized carbons (Fsp3) is 0.241. The summed E-state index contributed by atoms with van der Waals surface area (Å²) in [6, 6.07) is 25.8. The average Bonchev–Trinajstić information content (AvgIpc) is 3.29. The number of oxazole rings is 1. The summed E-state index contributed by atoms with van der Waals surface area (Å²) in [5.74, 6) is 1.29. The molecule has 0 bridgehead atoms. The molecule has 1 aliphatic rings. The van der Waals surface area contributed by atoms with Crippen LogP contribution in [0.3, 0.4) is 0 Å². The highest BCUT2D eigenvalue weighted by Crippen LogP contribution is 2.25. The van der Waals surface area contributed by atoms with Gasteiger partial charge < -0.3 is 14.6 Å². The van der Waals surface area contributed by atoms with Gasteiger partial charge in [0.05, 0.1) is 5.69 Å². The fourth-order valence-corrected chi connectivity index (χ4v) is 4.84. The molecule has 1 aromatic heterocycles. The van der Waals surface area contributed by atoms with Crippen LogP contribution in [-0.4, -0.2) is 48.2 Å². The minimum atomic E-state index is -0.140. The highest BCUT2D eigenvalue weighted by molar-refractivity contribution is 7.98. The Labute approximate surface area is 216 Å². The van der Waals surface area contributed by atoms with Gasteiger partial charge in [-0.05, 0) is 67.8 Å². The summed E-state index contributed by atoms with van der Waals surface area (Å²) in [5, 5.41) is 2.96. The highest BCUT2D eigenvalue weighted by atomic mass is 32.2. The molecule has 0 saturated carbocycles. The largest absolute Gasteiger partial charge is 0.441 e. The first kappa shape index (κ1) is 24.2. The van der Waals surface area contributed by atoms with E-state index in [0.29, 0.717) is 11.5 Å². The van der Waals surface area contributed by atoms with Gasteiger partial charge in [0.1, 0.15) is 5.76 Å². The molecule has 7 heteroatoms. The van der Waals surface area contributed by atoms with E-state index in [1.54, 1.807) is 11.8 Å². The molecule has 3 aromatic carbocycles. The Kier molecular flexibility index (Phi) is 7.39. The van der Waals surface area contributed by atoms with E-state index >= 15 is 0 Å². The minimum absolute atomic E-state index is 0.140. The van der Waals surface area contributed by atoms with Crippen molar-refractivity contribution < 1.29 is 9.21 Å². The van der Waals surface area contributed by atoms with Crippen LogP contribution in [0.1, 0.15) is 21.8 Å². The lowest BCUT2D eigenvalue weighted by molar-refractivity contribution is 0.102. The Morgan fingerprint density at radius 3 is 2.44 bits per heavy atom. The van der Waals surface area contributed by atoms with Gasteiger partial charge in [-0.25, -0.2) is 4.98 Å². The molecule has 36 heavy (non-hydrogen) atoms. The number of nitrogens with one attached hydrogen (secondary N) is 1. The van der Waals surface area contributed by atoms with Crippen LogP contribution >= 0.6 is 11.8 Å². The lowest BCUT2D eigenvalue weighted by Gasteiger charge is -2.35. The SMILES string of the molecule is CSc1cccc(NC(=O)c2ccc(-c3nc(CN4CCN(c5ccccc5)CC4)c(C)o3)cc2)c1. The van der Waals surface area contributed by atoms with Gasteiger partial charge in [-0.3, -0.25) is 9.69 Å². The van der Waals surface area contributed by atoms with Crippen molar-refractivity contribution in [2.24, 2.45) is 0 Å². The summed E-state index contributed by atoms with van der Waals surface area (Å²) in [6.45, 7) is 6.71. The van der Waals surface area contributed by atoms with E-state index in [1.165, 1.54) is 5.69 Å². The van der Waals surface area contributed by atoms with Crippen LogP contribution < -0.4 is 10.2 Å². The molecule has 4 aromatic rings. The molecular formula is C29H30N4O2S. The molecule has 0 aliphatic carbocycles. The number of benzene rings is 3. The number of carbonyl (C=O) groups excluding carboxylic acids is 1. The summed E-state index contributed by atoms with van der Waals surface area (Å²) in [5.41, 5.74) is 4.48. The van der Waals surface area contributed by atoms with Gasteiger partial charge in [0.25, 0.3) is 5.91 Å². The van der Waals surface area contributed by atoms with Crippen LogP contribution in [-0.2, 0) is 6.54 Å². The lowest BCUT2D eigenvalue weighted by Crippen LogP contribution is -2.46. The number of hydrogen-bond donors (Lipinski definition) is 1. The molecule has 0 unspecified atom stereocenters. The summed E-state index contributed by atoms with van der Waals surface area (Å²) in [4.78, 5) is 23.4. The highest BCUT2D eigenvalue weighted by Gasteiger charge is 2.20. The second-order valence-electron chi connectivity index (χ2n) is 8.88. The number of aryl methyl sites for hydroxylation is 1. The summed E-state index contributed by atoms with van der Waals surface area (Å²) < 4.78 is 6.00. The Balaban J connectivity index is 1.20. The van der Waals surface area contributed by atoms with Crippen molar-refractivity contribution in [2.75, 3.05) is 42.7 Å². The van der Waals surface area contributed by atoms with E-state index in [9.17, 15) is 4.79 Å². The first-order valence-electron chi connectivity index (χ1n) is 12.1. The van der Waals surface area contributed by atoms with Gasteiger partial charge in [-0.1, -0.05) is 24.3 Å². The van der Waals surface area contributed by atoms with E-state index in [-0.39, 0.29) is 5.91 Å². The Morgan fingerprint density at radius 2 is 1.72 bits per heavy atom. The maximum absolute atomic E-state index is 12.7. The molecule has 1 fully saturated rings. The predicted octanol–water partition coefficient (Wildman–Crippen LogP) is 5.95. The van der Waals surface area contributed by atoms with Crippen LogP contribution in [0.2, 0.25) is 0 Å². The van der Waals surface area contributed by atoms with Crippen molar-refractivity contribution in [3.8, 4) is 11.5 Å². The topological polar surface area (TPSA) is 61.6 Å². The molecule has 2 heterocycles. The number of para-hydroxylation sites is 1. The van der Waals surface area contributed by atoms with Crippen molar-refractivity contribution >= 4 is 29.0 Å². The third kappa shape index (κ3) is 5.64. The van der Waals surface area contributed by atoms with E-state index in [4.69, 9.17) is 9.40 Å². The van der Waals surface area contributed by atoms with Crippen molar-refractivity contribution in [2.45, 2.75) is 18.4 Å². The second-order valence-corrected chi connectivity index (χ2v) is 9.76. The molecule has 1 aliphatic heterocycles. The third-order valence-corrected chi connectivity index (χ3v) is 7.21. The van der Waals surface area contributed by atoms with E-state index in [2.05, 4.69) is 45.4 Å². The zero-order chi connectivity index (χ0) is 24.9. The number of anilines is 2. The maximum atomic E-state index is 12.7. The van der Waals surface area contributed by atoms with Crippen LogP contribution in [0.25, 0.3) is 11.5 Å². The van der Waals surface area contributed by atoms with E-state index in [0.717, 1.165) is 60.3 Å². The number of aromatic nitrogens is 1. The zero-order valence-electron chi connectivity index (χ0n) is 20.6. The Bertz CT molecular complexity index is 1310. The third-order valence-electron chi connectivity index (χ3n) is 6.48. The normalized spacial score (nSPS) is 14.1. The average molecular weight is 499 g/mol. The van der Waals surface area contributed by atoms with E-state index in [1.807, 2.05) is 61.7 Å². The molecule has 0 spiro atoms. The van der Waals surface area contributed by atoms with Gasteiger partial charge in [0, 0.05) is 60.1 Å². The number of thioether (sulfide) groups is 1. The van der Waals surface area contributed by atoms with Gasteiger partial charge in [0.2, 0.25) is 5.89 Å². The molecule has 0 radical (unpaired) electrons. The van der Waals surface area contributed by atoms with Crippen molar-refractivity contribution in [1.29, 1.82) is 0 Å². The van der Waals surface area contributed by atoms with Crippen LogP contribution in [0, 0.1) is 6.92 Å². The van der Waals surface area contributed by atoms with Gasteiger partial charge in [-0.15, -0.1) is 11.8 Å². The second kappa shape index (κ2) is 11.0. The number of carbonyl (C=O) groups is 1. The molecule has 1 amide bonds. The molecule has 0 atom stereocenters. The lowest BCUT2D eigenvalue weighted by atomic mass is 10.1. The molecule has 184 valence electrons. The van der Waals surface area contributed by atoms with Crippen LogP contribution in [0.4, 0.5) is 11.4 Å². The molecular weight excluding hydrogens is 468 g/mol. The van der Waals surface area contributed by atoms with Gasteiger partial charge in [-0.2, -0.15) is 0 Å². The standard InChI is InChI=1S/C29H30N4O2S/c1-21-27(20-32-15-17-33(18-16-32)25-8-4-3-5-9-25)31-29(35-21)23-13-11-22(12-14-23)28(34)30-24-7-6-10-26(19-24)36-2/h3-14,19H,15-18,20H2,1-2H3,(H,30,34). The first-order valence-corrected chi connectivity index (χ1v) is 13.4. The number of amides is 1. The van der Waals surface area contributed by atoms with Crippen LogP contribution in [0.5, 0.6) is 0 Å². The molecule has 5 rings (SSSR count). The maximum Gasteiger partial charge on any atom is 0.255 e. The smallest absolute Gasteiger partial charge is 0.255 e. The Hall–Kier alpha value is -3.55. The zero-order valence-corrected chi connectivity index (χ0v) is 21.4. The van der Waals surface area contributed by atoms with Gasteiger partial charge in [0.15, 0.2) is 0 Å². The quantitative estimate of drug-likeness (QED) is 0.318. The Morgan fingerprint density at radius 1 is 0.972 bits per heavy atom. The molecule has 1 N–H and O–H groups in total. The van der Waals surface area contributed by atoms with Crippen molar-refractivity contribution in [3.63, 3.8) is 0 Å². The fourth-order valence-electron chi connectivity index (χ4n) is 4.38. The number of rotatable bonds is 7. The number of hydrogen-bond acceptors (Lipinski definition) is 6. The first-order chi connectivity index (χ1) is 17.6. The minimum Gasteiger partial charge on any atom is -0.441 e. The summed E-state index contributed by atoms with van der Waals surface area (Å²) in [7, 11) is 0. The van der Waals surface area contributed by atoms with Crippen molar-refractivity contribution in [1.82, 2.24) is 9.88 Å². The summed E-state index contributed by atoms with van der Waals surface area (Å²) >= 11 is 1.64. The van der Waals surface area contributed by atoms with E-state index < -0.39 is 0 Å². The number of nitrogens with zero attached hydrogens (tertiary/aromatic N) is 3. The summed E-state index contributed by atoms with van der Waals surface area (Å²) in [6.07, 6.45) is 2.02. The van der Waals surface area contributed by atoms with Crippen molar-refractivity contribution in [3.05, 3.63) is 95.9 Å². The van der Waals surface area contributed by atoms with Crippen LogP contribution in [0.15, 0.2) is 88.2 Å². The van der Waals surface area contributed by atoms with Gasteiger partial charge >= 0.3 is 0 Å². The monoisotopic (exact) mass is 498 g/mol. The number of piperazine rings is 1. The molecule has 1 saturated heterocycles.